The number of thiophene rings is 1. The van der Waals surface area contributed by atoms with Crippen molar-refractivity contribution < 1.29 is 9.42 Å². The SMILES string of the molecule is CN(C)Cc1c(C(=O)NN=Cc2ccsc2)nnn1-c1nonc1N. The lowest BCUT2D eigenvalue weighted by Gasteiger charge is -2.10. The van der Waals surface area contributed by atoms with Crippen molar-refractivity contribution in [1.29, 1.82) is 0 Å². The molecule has 0 aromatic carbocycles. The molecule has 1 amide bonds. The number of hydrogen-bond acceptors (Lipinski definition) is 10. The molecule has 12 heteroatoms. The van der Waals surface area contributed by atoms with E-state index in [1.54, 1.807) is 6.21 Å². The van der Waals surface area contributed by atoms with Crippen LogP contribution in [0.5, 0.6) is 0 Å². The fourth-order valence-corrected chi connectivity index (χ4v) is 2.61. The normalized spacial score (nSPS) is 11.5. The first-order valence-corrected chi connectivity index (χ1v) is 8.04. The van der Waals surface area contributed by atoms with Gasteiger partial charge in [0.1, 0.15) is 0 Å². The first-order chi connectivity index (χ1) is 12.1. The highest BCUT2D eigenvalue weighted by molar-refractivity contribution is 7.08. The van der Waals surface area contributed by atoms with E-state index in [1.807, 2.05) is 35.8 Å². The molecule has 0 saturated carbocycles. The van der Waals surface area contributed by atoms with Crippen LogP contribution >= 0.6 is 11.3 Å². The predicted molar refractivity (Wildman–Crippen MR) is 90.4 cm³/mol. The lowest BCUT2D eigenvalue weighted by Crippen LogP contribution is -2.23. The van der Waals surface area contributed by atoms with Crippen LogP contribution in [0.15, 0.2) is 26.6 Å². The second-order valence-corrected chi connectivity index (χ2v) is 6.04. The zero-order valence-corrected chi connectivity index (χ0v) is 14.3. The summed E-state index contributed by atoms with van der Waals surface area (Å²) in [5, 5.41) is 22.8. The van der Waals surface area contributed by atoms with Crippen LogP contribution in [0.3, 0.4) is 0 Å². The fraction of sp³-hybridized carbons (Fsp3) is 0.231. The number of carbonyl (C=O) groups is 1. The molecule has 0 unspecified atom stereocenters. The Kier molecular flexibility index (Phi) is 4.81. The highest BCUT2D eigenvalue weighted by Crippen LogP contribution is 2.16. The van der Waals surface area contributed by atoms with Crippen LogP contribution < -0.4 is 11.2 Å². The minimum atomic E-state index is -0.496. The Morgan fingerprint density at radius 2 is 2.36 bits per heavy atom. The van der Waals surface area contributed by atoms with E-state index in [4.69, 9.17) is 5.73 Å². The lowest BCUT2D eigenvalue weighted by molar-refractivity contribution is 0.0948. The summed E-state index contributed by atoms with van der Waals surface area (Å²) in [6.07, 6.45) is 1.55. The third-order valence-corrected chi connectivity index (χ3v) is 3.76. The van der Waals surface area contributed by atoms with E-state index < -0.39 is 5.91 Å². The average Bonchev–Trinajstić information content (AvgIpc) is 3.28. The van der Waals surface area contributed by atoms with Gasteiger partial charge in [0.05, 0.1) is 11.9 Å². The summed E-state index contributed by atoms with van der Waals surface area (Å²) >= 11 is 1.54. The molecule has 0 bridgehead atoms. The summed E-state index contributed by atoms with van der Waals surface area (Å²) < 4.78 is 5.91. The van der Waals surface area contributed by atoms with Crippen LogP contribution in [0.25, 0.3) is 5.82 Å². The molecule has 0 spiro atoms. The van der Waals surface area contributed by atoms with Gasteiger partial charge in [-0.25, -0.2) is 10.1 Å². The van der Waals surface area contributed by atoms with Crippen molar-refractivity contribution in [3.8, 4) is 5.82 Å². The van der Waals surface area contributed by atoms with E-state index in [0.717, 1.165) is 5.56 Å². The highest BCUT2D eigenvalue weighted by atomic mass is 32.1. The van der Waals surface area contributed by atoms with Crippen LogP contribution in [0, 0.1) is 0 Å². The van der Waals surface area contributed by atoms with Crippen molar-refractivity contribution in [3.63, 3.8) is 0 Å². The van der Waals surface area contributed by atoms with E-state index in [2.05, 4.69) is 35.8 Å². The Balaban J connectivity index is 1.86. The summed E-state index contributed by atoms with van der Waals surface area (Å²) in [6.45, 7) is 0.371. The number of amides is 1. The van der Waals surface area contributed by atoms with E-state index >= 15 is 0 Å². The summed E-state index contributed by atoms with van der Waals surface area (Å²) in [5.41, 5.74) is 9.62. The monoisotopic (exact) mass is 361 g/mol. The first kappa shape index (κ1) is 16.7. The van der Waals surface area contributed by atoms with Crippen molar-refractivity contribution in [2.24, 2.45) is 5.10 Å². The number of hydrazone groups is 1. The van der Waals surface area contributed by atoms with Crippen LogP contribution in [0.2, 0.25) is 0 Å². The van der Waals surface area contributed by atoms with Crippen molar-refractivity contribution >= 4 is 29.3 Å². The van der Waals surface area contributed by atoms with Gasteiger partial charge in [0.2, 0.25) is 11.6 Å². The Hall–Kier alpha value is -3.12. The van der Waals surface area contributed by atoms with Crippen LogP contribution in [0.4, 0.5) is 5.82 Å². The van der Waals surface area contributed by atoms with Crippen molar-refractivity contribution in [3.05, 3.63) is 33.8 Å². The van der Waals surface area contributed by atoms with Gasteiger partial charge in [-0.2, -0.15) is 21.1 Å². The molecule has 3 aromatic heterocycles. The molecule has 0 aliphatic rings. The molecular weight excluding hydrogens is 346 g/mol. The van der Waals surface area contributed by atoms with Crippen molar-refractivity contribution in [2.45, 2.75) is 6.54 Å². The third kappa shape index (κ3) is 3.70. The van der Waals surface area contributed by atoms with Gasteiger partial charge in [-0.3, -0.25) is 4.79 Å². The number of anilines is 1. The Labute approximate surface area is 146 Å². The number of nitrogens with two attached hydrogens (primary N) is 1. The fourth-order valence-electron chi connectivity index (χ4n) is 1.99. The van der Waals surface area contributed by atoms with Gasteiger partial charge < -0.3 is 10.6 Å². The largest absolute Gasteiger partial charge is 0.378 e. The highest BCUT2D eigenvalue weighted by Gasteiger charge is 2.24. The summed E-state index contributed by atoms with van der Waals surface area (Å²) in [6, 6.07) is 1.88. The molecule has 0 saturated heterocycles. The molecule has 0 aliphatic heterocycles. The van der Waals surface area contributed by atoms with E-state index in [9.17, 15) is 4.79 Å². The molecule has 25 heavy (non-hydrogen) atoms. The number of hydrogen-bond donors (Lipinski definition) is 2. The molecule has 11 nitrogen and oxygen atoms in total. The molecule has 0 aliphatic carbocycles. The Bertz CT molecular complexity index is 881. The van der Waals surface area contributed by atoms with Gasteiger partial charge in [-0.1, -0.05) is 5.21 Å². The number of aromatic nitrogens is 5. The number of nitrogens with one attached hydrogen (secondary N) is 1. The lowest BCUT2D eigenvalue weighted by atomic mass is 10.3. The average molecular weight is 361 g/mol. The second-order valence-electron chi connectivity index (χ2n) is 5.26. The maximum absolute atomic E-state index is 12.4. The van der Waals surface area contributed by atoms with Gasteiger partial charge in [0.25, 0.3) is 5.91 Å². The molecule has 0 radical (unpaired) electrons. The summed E-state index contributed by atoms with van der Waals surface area (Å²) in [4.78, 5) is 14.2. The standard InChI is InChI=1S/C13H15N9O2S/c1-21(2)6-9-10(13(23)17-15-5-8-3-4-25-7-8)16-20-22(9)12-11(14)18-24-19-12/h3-5,7H,6H2,1-2H3,(H2,14,18)(H,17,23). The smallest absolute Gasteiger partial charge is 0.293 e. The Morgan fingerprint density at radius 3 is 3.00 bits per heavy atom. The molecule has 3 rings (SSSR count). The quantitative estimate of drug-likeness (QED) is 0.466. The minimum absolute atomic E-state index is 0.0485. The number of carbonyl (C=O) groups excluding carboxylic acids is 1. The first-order valence-electron chi connectivity index (χ1n) is 7.09. The van der Waals surface area contributed by atoms with E-state index in [-0.39, 0.29) is 17.3 Å². The zero-order chi connectivity index (χ0) is 17.8. The molecule has 3 N–H and O–H groups in total. The predicted octanol–water partition coefficient (Wildman–Crippen LogP) is 0.119. The number of nitrogen functional groups attached to an aromatic ring is 1. The number of rotatable bonds is 6. The van der Waals surface area contributed by atoms with Crippen LogP contribution in [-0.4, -0.2) is 56.4 Å². The summed E-state index contributed by atoms with van der Waals surface area (Å²) in [7, 11) is 3.69. The number of nitrogens with zero attached hydrogens (tertiary/aromatic N) is 7. The van der Waals surface area contributed by atoms with Crippen molar-refractivity contribution in [2.75, 3.05) is 19.8 Å². The molecule has 3 heterocycles. The van der Waals surface area contributed by atoms with Gasteiger partial charge in [-0.15, -0.1) is 5.10 Å². The maximum atomic E-state index is 12.4. The topological polar surface area (TPSA) is 140 Å². The van der Waals surface area contributed by atoms with Gasteiger partial charge >= 0.3 is 0 Å². The van der Waals surface area contributed by atoms with Gasteiger partial charge in [0.15, 0.2) is 5.69 Å². The van der Waals surface area contributed by atoms with Crippen LogP contribution in [-0.2, 0) is 6.54 Å². The molecule has 0 atom stereocenters. The van der Waals surface area contributed by atoms with E-state index in [1.165, 1.54) is 16.0 Å². The molecule has 0 fully saturated rings. The molecule has 130 valence electrons. The molecule has 3 aromatic rings. The molecular formula is C13H15N9O2S. The minimum Gasteiger partial charge on any atom is -0.378 e. The van der Waals surface area contributed by atoms with Gasteiger partial charge in [0, 0.05) is 12.1 Å². The van der Waals surface area contributed by atoms with Crippen LogP contribution in [0.1, 0.15) is 21.7 Å². The van der Waals surface area contributed by atoms with Crippen molar-refractivity contribution in [1.82, 2.24) is 35.6 Å². The van der Waals surface area contributed by atoms with Gasteiger partial charge in [-0.05, 0) is 41.2 Å². The maximum Gasteiger partial charge on any atom is 0.293 e. The Morgan fingerprint density at radius 1 is 1.52 bits per heavy atom. The zero-order valence-electron chi connectivity index (χ0n) is 13.4. The third-order valence-electron chi connectivity index (χ3n) is 3.06. The summed E-state index contributed by atoms with van der Waals surface area (Å²) in [5.74, 6) is -0.276. The second kappa shape index (κ2) is 7.19. The van der Waals surface area contributed by atoms with E-state index in [0.29, 0.717) is 12.2 Å².